The fourth-order valence-electron chi connectivity index (χ4n) is 2.13. The van der Waals surface area contributed by atoms with Crippen LogP contribution in [-0.4, -0.2) is 30.3 Å². The van der Waals surface area contributed by atoms with Gasteiger partial charge in [-0.1, -0.05) is 19.9 Å². The SMILES string of the molecule is CCNC(Cc1cccnc1N)C(C)(CC)OC. The fourth-order valence-corrected chi connectivity index (χ4v) is 2.13. The molecule has 0 saturated heterocycles. The number of anilines is 1. The maximum atomic E-state index is 5.91. The lowest BCUT2D eigenvalue weighted by molar-refractivity contribution is -0.0283. The van der Waals surface area contributed by atoms with Crippen molar-refractivity contribution in [2.24, 2.45) is 0 Å². The summed E-state index contributed by atoms with van der Waals surface area (Å²) in [4.78, 5) is 4.14. The lowest BCUT2D eigenvalue weighted by Crippen LogP contribution is -2.51. The second kappa shape index (κ2) is 6.71. The van der Waals surface area contributed by atoms with Gasteiger partial charge in [-0.15, -0.1) is 0 Å². The summed E-state index contributed by atoms with van der Waals surface area (Å²) in [6.45, 7) is 7.28. The molecular formula is C14H25N3O. The van der Waals surface area contributed by atoms with Crippen molar-refractivity contribution in [1.82, 2.24) is 10.3 Å². The monoisotopic (exact) mass is 251 g/mol. The molecule has 0 spiro atoms. The van der Waals surface area contributed by atoms with E-state index in [9.17, 15) is 0 Å². The highest BCUT2D eigenvalue weighted by atomic mass is 16.5. The van der Waals surface area contributed by atoms with E-state index < -0.39 is 0 Å². The lowest BCUT2D eigenvalue weighted by atomic mass is 9.88. The van der Waals surface area contributed by atoms with Crippen LogP contribution in [0, 0.1) is 0 Å². The highest BCUT2D eigenvalue weighted by Crippen LogP contribution is 2.23. The molecule has 2 unspecified atom stereocenters. The summed E-state index contributed by atoms with van der Waals surface area (Å²) < 4.78 is 5.69. The van der Waals surface area contributed by atoms with E-state index in [1.165, 1.54) is 0 Å². The van der Waals surface area contributed by atoms with Crippen molar-refractivity contribution in [3.63, 3.8) is 0 Å². The predicted molar refractivity (Wildman–Crippen MR) is 75.5 cm³/mol. The summed E-state index contributed by atoms with van der Waals surface area (Å²) in [6, 6.07) is 4.17. The van der Waals surface area contributed by atoms with Crippen LogP contribution in [0.5, 0.6) is 0 Å². The topological polar surface area (TPSA) is 60.2 Å². The van der Waals surface area contributed by atoms with Gasteiger partial charge in [0.2, 0.25) is 0 Å². The van der Waals surface area contributed by atoms with Crippen molar-refractivity contribution in [3.8, 4) is 0 Å². The van der Waals surface area contributed by atoms with E-state index in [1.54, 1.807) is 13.3 Å². The van der Waals surface area contributed by atoms with E-state index in [0.29, 0.717) is 5.82 Å². The van der Waals surface area contributed by atoms with Gasteiger partial charge in [-0.05, 0) is 37.9 Å². The smallest absolute Gasteiger partial charge is 0.126 e. The molecule has 0 radical (unpaired) electrons. The van der Waals surface area contributed by atoms with E-state index in [4.69, 9.17) is 10.5 Å². The Balaban J connectivity index is 2.90. The van der Waals surface area contributed by atoms with Crippen LogP contribution >= 0.6 is 0 Å². The summed E-state index contributed by atoms with van der Waals surface area (Å²) in [7, 11) is 1.76. The minimum absolute atomic E-state index is 0.196. The van der Waals surface area contributed by atoms with E-state index in [-0.39, 0.29) is 11.6 Å². The summed E-state index contributed by atoms with van der Waals surface area (Å²) in [6.07, 6.45) is 3.49. The Kier molecular flexibility index (Phi) is 5.56. The lowest BCUT2D eigenvalue weighted by Gasteiger charge is -2.36. The van der Waals surface area contributed by atoms with Crippen LogP contribution in [0.1, 0.15) is 32.8 Å². The Hall–Kier alpha value is -1.13. The average molecular weight is 251 g/mol. The largest absolute Gasteiger partial charge is 0.383 e. The Morgan fingerprint density at radius 1 is 1.50 bits per heavy atom. The molecule has 102 valence electrons. The van der Waals surface area contributed by atoms with E-state index in [2.05, 4.69) is 31.1 Å². The highest BCUT2D eigenvalue weighted by Gasteiger charge is 2.32. The van der Waals surface area contributed by atoms with E-state index in [1.807, 2.05) is 12.1 Å². The molecule has 1 aromatic rings. The number of aromatic nitrogens is 1. The molecule has 0 bridgehead atoms. The molecule has 0 fully saturated rings. The van der Waals surface area contributed by atoms with Gasteiger partial charge >= 0.3 is 0 Å². The van der Waals surface area contributed by atoms with Gasteiger partial charge < -0.3 is 15.8 Å². The summed E-state index contributed by atoms with van der Waals surface area (Å²) in [5, 5.41) is 3.49. The third-order valence-corrected chi connectivity index (χ3v) is 3.71. The number of nitrogen functional groups attached to an aromatic ring is 1. The van der Waals surface area contributed by atoms with Crippen molar-refractivity contribution in [3.05, 3.63) is 23.9 Å². The minimum Gasteiger partial charge on any atom is -0.383 e. The number of methoxy groups -OCH3 is 1. The summed E-state index contributed by atoms with van der Waals surface area (Å²) in [5.41, 5.74) is 6.78. The first-order valence-corrected chi connectivity index (χ1v) is 6.55. The molecule has 0 amide bonds. The van der Waals surface area contributed by atoms with Crippen molar-refractivity contribution in [1.29, 1.82) is 0 Å². The molecule has 3 N–H and O–H groups in total. The van der Waals surface area contributed by atoms with Crippen LogP contribution in [0.3, 0.4) is 0 Å². The second-order valence-corrected chi connectivity index (χ2v) is 4.73. The number of nitrogens with zero attached hydrogens (tertiary/aromatic N) is 1. The first-order chi connectivity index (χ1) is 8.57. The van der Waals surface area contributed by atoms with Gasteiger partial charge in [0.25, 0.3) is 0 Å². The molecule has 1 rings (SSSR count). The van der Waals surface area contributed by atoms with Gasteiger partial charge in [-0.3, -0.25) is 0 Å². The van der Waals surface area contributed by atoms with Gasteiger partial charge in [-0.2, -0.15) is 0 Å². The highest BCUT2D eigenvalue weighted by molar-refractivity contribution is 5.39. The third kappa shape index (κ3) is 3.43. The van der Waals surface area contributed by atoms with E-state index >= 15 is 0 Å². The van der Waals surface area contributed by atoms with Gasteiger partial charge in [0.05, 0.1) is 5.60 Å². The van der Waals surface area contributed by atoms with Crippen LogP contribution in [0.15, 0.2) is 18.3 Å². The predicted octanol–water partition coefficient (Wildman–Crippen LogP) is 2.00. The van der Waals surface area contributed by atoms with Crippen LogP contribution < -0.4 is 11.1 Å². The first-order valence-electron chi connectivity index (χ1n) is 6.55. The number of likely N-dealkylation sites (N-methyl/N-ethyl adjacent to an activating group) is 1. The Morgan fingerprint density at radius 3 is 2.72 bits per heavy atom. The standard InChI is InChI=1S/C14H25N3O/c1-5-14(3,18-4)12(16-6-2)10-11-8-7-9-17-13(11)15/h7-9,12,16H,5-6,10H2,1-4H3,(H2,15,17). The molecule has 0 aliphatic rings. The van der Waals surface area contributed by atoms with Crippen molar-refractivity contribution in [2.75, 3.05) is 19.4 Å². The number of hydrogen-bond donors (Lipinski definition) is 2. The number of nitrogens with one attached hydrogen (secondary N) is 1. The Morgan fingerprint density at radius 2 is 2.22 bits per heavy atom. The van der Waals surface area contributed by atoms with Crippen LogP contribution in [0.25, 0.3) is 0 Å². The molecule has 4 nitrogen and oxygen atoms in total. The van der Waals surface area contributed by atoms with E-state index in [0.717, 1.165) is 24.9 Å². The first kappa shape index (κ1) is 14.9. The van der Waals surface area contributed by atoms with Gasteiger partial charge in [0, 0.05) is 19.3 Å². The minimum atomic E-state index is -0.196. The molecule has 0 saturated carbocycles. The fraction of sp³-hybridized carbons (Fsp3) is 0.643. The molecule has 0 aliphatic heterocycles. The maximum absolute atomic E-state index is 5.91. The zero-order chi connectivity index (χ0) is 13.6. The van der Waals surface area contributed by atoms with Crippen molar-refractivity contribution in [2.45, 2.75) is 45.3 Å². The number of hydrogen-bond acceptors (Lipinski definition) is 4. The summed E-state index contributed by atoms with van der Waals surface area (Å²) >= 11 is 0. The Labute approximate surface area is 110 Å². The number of pyridine rings is 1. The maximum Gasteiger partial charge on any atom is 0.126 e. The van der Waals surface area contributed by atoms with Crippen molar-refractivity contribution >= 4 is 5.82 Å². The van der Waals surface area contributed by atoms with Gasteiger partial charge in [0.15, 0.2) is 0 Å². The van der Waals surface area contributed by atoms with Gasteiger partial charge in [0.1, 0.15) is 5.82 Å². The third-order valence-electron chi connectivity index (χ3n) is 3.71. The number of ether oxygens (including phenoxy) is 1. The second-order valence-electron chi connectivity index (χ2n) is 4.73. The van der Waals surface area contributed by atoms with Crippen LogP contribution in [0.4, 0.5) is 5.82 Å². The molecule has 1 heterocycles. The number of nitrogens with two attached hydrogens (primary N) is 1. The molecular weight excluding hydrogens is 226 g/mol. The quantitative estimate of drug-likeness (QED) is 0.778. The molecule has 4 heteroatoms. The molecule has 0 aromatic carbocycles. The normalized spacial score (nSPS) is 16.2. The molecule has 0 aliphatic carbocycles. The zero-order valence-electron chi connectivity index (χ0n) is 11.9. The summed E-state index contributed by atoms with van der Waals surface area (Å²) in [5.74, 6) is 0.606. The van der Waals surface area contributed by atoms with Gasteiger partial charge in [-0.25, -0.2) is 4.98 Å². The molecule has 18 heavy (non-hydrogen) atoms. The molecule has 1 aromatic heterocycles. The zero-order valence-corrected chi connectivity index (χ0v) is 11.9. The number of rotatable bonds is 7. The van der Waals surface area contributed by atoms with Crippen LogP contribution in [0.2, 0.25) is 0 Å². The van der Waals surface area contributed by atoms with Crippen LogP contribution in [-0.2, 0) is 11.2 Å². The Bertz CT molecular complexity index is 364. The average Bonchev–Trinajstić information content (AvgIpc) is 2.39. The molecule has 2 atom stereocenters. The van der Waals surface area contributed by atoms with Crippen molar-refractivity contribution < 1.29 is 4.74 Å².